The highest BCUT2D eigenvalue weighted by Gasteiger charge is 2.23. The molecular formula is C8H16IN. The minimum absolute atomic E-state index is 0.964. The molecule has 2 heteroatoms. The molecule has 0 amide bonds. The molecule has 1 fully saturated rings. The van der Waals surface area contributed by atoms with Gasteiger partial charge in [0.2, 0.25) is 0 Å². The Morgan fingerprint density at radius 3 is 2.80 bits per heavy atom. The summed E-state index contributed by atoms with van der Waals surface area (Å²) in [7, 11) is 2.04. The monoisotopic (exact) mass is 253 g/mol. The van der Waals surface area contributed by atoms with Gasteiger partial charge in [0.1, 0.15) is 0 Å². The quantitative estimate of drug-likeness (QED) is 0.600. The van der Waals surface area contributed by atoms with Crippen LogP contribution in [0.2, 0.25) is 0 Å². The summed E-state index contributed by atoms with van der Waals surface area (Å²) in [6, 6.07) is 0. The lowest BCUT2D eigenvalue weighted by atomic mass is 10.0. The lowest BCUT2D eigenvalue weighted by molar-refractivity contribution is 0.508. The average Bonchev–Trinajstić information content (AvgIpc) is 2.31. The van der Waals surface area contributed by atoms with Crippen LogP contribution in [0.5, 0.6) is 0 Å². The first-order valence-electron chi connectivity index (χ1n) is 4.13. The third-order valence-electron chi connectivity index (χ3n) is 2.33. The molecule has 1 aliphatic rings. The van der Waals surface area contributed by atoms with Gasteiger partial charge in [-0.15, -0.1) is 0 Å². The maximum absolute atomic E-state index is 3.21. The van der Waals surface area contributed by atoms with Gasteiger partial charge >= 0.3 is 0 Å². The van der Waals surface area contributed by atoms with Crippen LogP contribution < -0.4 is 5.32 Å². The van der Waals surface area contributed by atoms with Crippen LogP contribution in [-0.2, 0) is 0 Å². The van der Waals surface area contributed by atoms with Crippen molar-refractivity contribution in [3.05, 3.63) is 0 Å². The summed E-state index contributed by atoms with van der Waals surface area (Å²) in [4.78, 5) is 0. The van der Waals surface area contributed by atoms with Crippen LogP contribution in [0.25, 0.3) is 0 Å². The minimum Gasteiger partial charge on any atom is -0.320 e. The van der Waals surface area contributed by atoms with Crippen molar-refractivity contribution >= 4 is 22.6 Å². The van der Waals surface area contributed by atoms with E-state index in [1.165, 1.54) is 32.2 Å². The third kappa shape index (κ3) is 2.38. The fourth-order valence-electron chi connectivity index (χ4n) is 1.65. The molecule has 1 rings (SSSR count). The maximum Gasteiger partial charge on any atom is 0.0138 e. The molecule has 10 heavy (non-hydrogen) atoms. The molecule has 60 valence electrons. The van der Waals surface area contributed by atoms with Crippen LogP contribution in [0.1, 0.15) is 25.7 Å². The molecule has 2 atom stereocenters. The SMILES string of the molecule is CNCCC1CCCC1I. The van der Waals surface area contributed by atoms with Gasteiger partial charge in [-0.3, -0.25) is 0 Å². The average molecular weight is 253 g/mol. The van der Waals surface area contributed by atoms with E-state index in [-0.39, 0.29) is 0 Å². The van der Waals surface area contributed by atoms with Gasteiger partial charge in [-0.1, -0.05) is 29.0 Å². The van der Waals surface area contributed by atoms with E-state index in [0.29, 0.717) is 0 Å². The number of hydrogen-bond acceptors (Lipinski definition) is 1. The highest BCUT2D eigenvalue weighted by atomic mass is 127. The standard InChI is InChI=1S/C8H16IN/c1-10-6-5-7-3-2-4-8(7)9/h7-8,10H,2-6H2,1H3. The fraction of sp³-hybridized carbons (Fsp3) is 1.00. The summed E-state index contributed by atoms with van der Waals surface area (Å²) in [5.74, 6) is 1.01. The molecule has 1 aliphatic carbocycles. The van der Waals surface area contributed by atoms with E-state index in [9.17, 15) is 0 Å². The Labute approximate surface area is 77.1 Å². The summed E-state index contributed by atoms with van der Waals surface area (Å²) >= 11 is 2.61. The van der Waals surface area contributed by atoms with Crippen LogP contribution in [0.4, 0.5) is 0 Å². The van der Waals surface area contributed by atoms with Crippen molar-refractivity contribution in [2.75, 3.05) is 13.6 Å². The van der Waals surface area contributed by atoms with Crippen molar-refractivity contribution in [1.29, 1.82) is 0 Å². The normalized spacial score (nSPS) is 33.0. The molecule has 0 aliphatic heterocycles. The lowest BCUT2D eigenvalue weighted by Crippen LogP contribution is -2.15. The zero-order valence-corrected chi connectivity index (χ0v) is 8.73. The Morgan fingerprint density at radius 1 is 1.50 bits per heavy atom. The molecule has 0 heterocycles. The van der Waals surface area contributed by atoms with Crippen molar-refractivity contribution in [3.8, 4) is 0 Å². The summed E-state index contributed by atoms with van der Waals surface area (Å²) in [5, 5.41) is 3.21. The van der Waals surface area contributed by atoms with Gasteiger partial charge in [0.25, 0.3) is 0 Å². The van der Waals surface area contributed by atoms with Gasteiger partial charge in [-0.2, -0.15) is 0 Å². The zero-order valence-electron chi connectivity index (χ0n) is 6.57. The van der Waals surface area contributed by atoms with Crippen molar-refractivity contribution in [2.45, 2.75) is 29.6 Å². The van der Waals surface area contributed by atoms with Crippen LogP contribution in [0.3, 0.4) is 0 Å². The number of alkyl halides is 1. The van der Waals surface area contributed by atoms with E-state index in [2.05, 4.69) is 27.9 Å². The smallest absolute Gasteiger partial charge is 0.0138 e. The fourth-order valence-corrected chi connectivity index (χ4v) is 2.81. The van der Waals surface area contributed by atoms with E-state index in [1.807, 2.05) is 7.05 Å². The predicted octanol–water partition coefficient (Wildman–Crippen LogP) is 2.20. The number of hydrogen-bond donors (Lipinski definition) is 1. The summed E-state index contributed by atoms with van der Waals surface area (Å²) in [6.45, 7) is 1.20. The van der Waals surface area contributed by atoms with E-state index in [0.717, 1.165) is 9.84 Å². The number of halogens is 1. The number of nitrogens with one attached hydrogen (secondary N) is 1. The van der Waals surface area contributed by atoms with Crippen molar-refractivity contribution in [3.63, 3.8) is 0 Å². The Kier molecular flexibility index (Phi) is 3.99. The topological polar surface area (TPSA) is 12.0 Å². The largest absolute Gasteiger partial charge is 0.320 e. The van der Waals surface area contributed by atoms with E-state index < -0.39 is 0 Å². The molecule has 2 unspecified atom stereocenters. The molecule has 0 radical (unpaired) electrons. The van der Waals surface area contributed by atoms with Crippen LogP contribution in [0.15, 0.2) is 0 Å². The van der Waals surface area contributed by atoms with Gasteiger partial charge < -0.3 is 5.32 Å². The molecule has 0 spiro atoms. The summed E-state index contributed by atoms with van der Waals surface area (Å²) < 4.78 is 0.964. The molecule has 0 saturated heterocycles. The van der Waals surface area contributed by atoms with Crippen LogP contribution >= 0.6 is 22.6 Å². The molecule has 1 nitrogen and oxygen atoms in total. The molecule has 0 aromatic heterocycles. The minimum atomic E-state index is 0.964. The van der Waals surface area contributed by atoms with Gasteiger partial charge in [0.05, 0.1) is 0 Å². The first-order chi connectivity index (χ1) is 4.84. The second-order valence-electron chi connectivity index (χ2n) is 3.10. The zero-order chi connectivity index (χ0) is 7.40. The van der Waals surface area contributed by atoms with Crippen LogP contribution in [0, 0.1) is 5.92 Å². The van der Waals surface area contributed by atoms with Crippen molar-refractivity contribution in [1.82, 2.24) is 5.32 Å². The highest BCUT2D eigenvalue weighted by molar-refractivity contribution is 14.1. The van der Waals surface area contributed by atoms with Crippen molar-refractivity contribution in [2.24, 2.45) is 5.92 Å². The first kappa shape index (κ1) is 8.78. The molecule has 0 aromatic carbocycles. The maximum atomic E-state index is 3.21. The Balaban J connectivity index is 2.14. The highest BCUT2D eigenvalue weighted by Crippen LogP contribution is 2.33. The first-order valence-corrected chi connectivity index (χ1v) is 5.38. The van der Waals surface area contributed by atoms with E-state index in [1.54, 1.807) is 0 Å². The molecule has 1 N–H and O–H groups in total. The summed E-state index contributed by atoms with van der Waals surface area (Å²) in [5.41, 5.74) is 0. The Bertz CT molecular complexity index is 95.3. The van der Waals surface area contributed by atoms with Gasteiger partial charge in [0.15, 0.2) is 0 Å². The predicted molar refractivity (Wildman–Crippen MR) is 53.7 cm³/mol. The van der Waals surface area contributed by atoms with E-state index in [4.69, 9.17) is 0 Å². The molecular weight excluding hydrogens is 237 g/mol. The van der Waals surface area contributed by atoms with Gasteiger partial charge in [-0.05, 0) is 38.8 Å². The summed E-state index contributed by atoms with van der Waals surface area (Å²) in [6.07, 6.45) is 5.76. The van der Waals surface area contributed by atoms with Gasteiger partial charge in [-0.25, -0.2) is 0 Å². The van der Waals surface area contributed by atoms with E-state index >= 15 is 0 Å². The van der Waals surface area contributed by atoms with Gasteiger partial charge in [0, 0.05) is 3.92 Å². The Hall–Kier alpha value is 0.690. The second-order valence-corrected chi connectivity index (χ2v) is 4.70. The van der Waals surface area contributed by atoms with Crippen molar-refractivity contribution < 1.29 is 0 Å². The lowest BCUT2D eigenvalue weighted by Gasteiger charge is -2.12. The number of rotatable bonds is 3. The molecule has 0 aromatic rings. The molecule has 1 saturated carbocycles. The second kappa shape index (κ2) is 4.54. The molecule has 0 bridgehead atoms. The Morgan fingerprint density at radius 2 is 2.30 bits per heavy atom. The third-order valence-corrected chi connectivity index (χ3v) is 3.97. The van der Waals surface area contributed by atoms with Crippen LogP contribution in [-0.4, -0.2) is 17.5 Å².